The van der Waals surface area contributed by atoms with E-state index in [1.807, 2.05) is 23.1 Å². The number of hydrogen-bond acceptors (Lipinski definition) is 4. The fourth-order valence-electron chi connectivity index (χ4n) is 6.84. The first-order valence-electron chi connectivity index (χ1n) is 14.4. The number of benzene rings is 5. The highest BCUT2D eigenvalue weighted by Crippen LogP contribution is 2.46. The Morgan fingerprint density at radius 1 is 0.524 bits per heavy atom. The molecule has 0 saturated carbocycles. The summed E-state index contributed by atoms with van der Waals surface area (Å²) in [5.41, 5.74) is 13.6. The Bertz CT molecular complexity index is 2000. The van der Waals surface area contributed by atoms with Gasteiger partial charge in [0.15, 0.2) is 0 Å². The van der Waals surface area contributed by atoms with Gasteiger partial charge in [0.05, 0.1) is 12.4 Å². The van der Waals surface area contributed by atoms with E-state index in [0.717, 1.165) is 12.4 Å². The summed E-state index contributed by atoms with van der Waals surface area (Å²) in [6, 6.07) is 43.9. The highest BCUT2D eigenvalue weighted by Gasteiger charge is 2.42. The minimum Gasteiger partial charge on any atom is -0.376 e. The Kier molecular flexibility index (Phi) is 4.99. The molecule has 6 heteroatoms. The third kappa shape index (κ3) is 3.42. The summed E-state index contributed by atoms with van der Waals surface area (Å²) < 4.78 is 1.95. The molecule has 0 radical (unpaired) electrons. The van der Waals surface area contributed by atoms with Crippen LogP contribution in [0.15, 0.2) is 146 Å². The maximum Gasteiger partial charge on any atom is 0.329 e. The molecule has 42 heavy (non-hydrogen) atoms. The summed E-state index contributed by atoms with van der Waals surface area (Å²) in [5, 5.41) is 4.55. The molecule has 4 heterocycles. The molecule has 0 spiro atoms. The van der Waals surface area contributed by atoms with Crippen LogP contribution in [0.4, 0.5) is 22.7 Å². The van der Waals surface area contributed by atoms with E-state index in [4.69, 9.17) is 0 Å². The van der Waals surface area contributed by atoms with E-state index in [1.54, 1.807) is 0 Å². The Hall–Kier alpha value is -5.49. The van der Waals surface area contributed by atoms with Gasteiger partial charge in [0.2, 0.25) is 0 Å². The molecule has 0 amide bonds. The van der Waals surface area contributed by atoms with Crippen LogP contribution < -0.4 is 25.5 Å². The molecule has 3 aliphatic heterocycles. The van der Waals surface area contributed by atoms with Crippen LogP contribution in [0, 0.1) is 0 Å². The van der Waals surface area contributed by atoms with Gasteiger partial charge >= 0.3 is 6.85 Å². The molecule has 3 aliphatic rings. The molecule has 0 fully saturated rings. The number of anilines is 4. The minimum atomic E-state index is 0.0204. The fraction of sp³-hybridized carbons (Fsp3) is 0.0278. The predicted octanol–water partition coefficient (Wildman–Crippen LogP) is 6.53. The lowest BCUT2D eigenvalue weighted by Gasteiger charge is -2.43. The van der Waals surface area contributed by atoms with Gasteiger partial charge in [0.1, 0.15) is 0 Å². The summed E-state index contributed by atoms with van der Waals surface area (Å²) >= 11 is 0. The van der Waals surface area contributed by atoms with Crippen molar-refractivity contribution in [2.45, 2.75) is 0 Å². The minimum absolute atomic E-state index is 0.0204. The van der Waals surface area contributed by atoms with Crippen LogP contribution in [0.5, 0.6) is 0 Å². The first-order chi connectivity index (χ1) is 20.8. The molecular weight excluding hydrogens is 513 g/mol. The van der Waals surface area contributed by atoms with Gasteiger partial charge < -0.3 is 14.6 Å². The average Bonchev–Trinajstić information content (AvgIpc) is 3.78. The maximum absolute atomic E-state index is 4.55. The Labute approximate surface area is 245 Å². The molecule has 5 aromatic carbocycles. The number of rotatable bonds is 3. The van der Waals surface area contributed by atoms with Crippen molar-refractivity contribution in [3.05, 3.63) is 146 Å². The van der Waals surface area contributed by atoms with Gasteiger partial charge in [-0.15, -0.1) is 0 Å². The highest BCUT2D eigenvalue weighted by atomic mass is 15.3. The van der Waals surface area contributed by atoms with Crippen LogP contribution in [0.2, 0.25) is 0 Å². The van der Waals surface area contributed by atoms with Crippen molar-refractivity contribution in [1.29, 1.82) is 0 Å². The lowest BCUT2D eigenvalue weighted by Crippen LogP contribution is -2.59. The number of aromatic nitrogens is 2. The SMILES string of the molecule is C1=CN(c2ccc3c(c2)B2c4cc(-n5cccn5)ccc4-c4ccccc4N2c2ccccc2-3)CN1c1ccccc1. The van der Waals surface area contributed by atoms with E-state index in [-0.39, 0.29) is 6.85 Å². The molecule has 0 N–H and O–H groups in total. The summed E-state index contributed by atoms with van der Waals surface area (Å²) in [7, 11) is 0. The van der Waals surface area contributed by atoms with Crippen LogP contribution >= 0.6 is 0 Å². The van der Waals surface area contributed by atoms with Crippen molar-refractivity contribution < 1.29 is 0 Å². The summed E-state index contributed by atoms with van der Waals surface area (Å²) in [6.45, 7) is 0.795. The number of nitrogens with zero attached hydrogens (tertiary/aromatic N) is 5. The van der Waals surface area contributed by atoms with Crippen LogP contribution in [0.25, 0.3) is 27.9 Å². The molecule has 198 valence electrons. The van der Waals surface area contributed by atoms with Crippen molar-refractivity contribution in [1.82, 2.24) is 9.78 Å². The lowest BCUT2D eigenvalue weighted by atomic mass is 9.43. The normalized spacial score (nSPS) is 14.3. The van der Waals surface area contributed by atoms with Crippen molar-refractivity contribution in [2.75, 3.05) is 21.3 Å². The van der Waals surface area contributed by atoms with Crippen LogP contribution in [-0.2, 0) is 0 Å². The maximum atomic E-state index is 4.55. The first-order valence-corrected chi connectivity index (χ1v) is 14.4. The lowest BCUT2D eigenvalue weighted by molar-refractivity contribution is 0.881. The van der Waals surface area contributed by atoms with E-state index in [1.165, 1.54) is 55.9 Å². The summed E-state index contributed by atoms with van der Waals surface area (Å²) in [5.74, 6) is 0. The van der Waals surface area contributed by atoms with Gasteiger partial charge in [-0.05, 0) is 76.6 Å². The second kappa shape index (κ2) is 9.01. The third-order valence-corrected chi connectivity index (χ3v) is 8.74. The average molecular weight is 539 g/mol. The van der Waals surface area contributed by atoms with Gasteiger partial charge in [0.25, 0.3) is 0 Å². The van der Waals surface area contributed by atoms with Gasteiger partial charge in [-0.3, -0.25) is 0 Å². The Morgan fingerprint density at radius 3 is 1.79 bits per heavy atom. The molecule has 1 aromatic heterocycles. The zero-order valence-electron chi connectivity index (χ0n) is 22.9. The van der Waals surface area contributed by atoms with Crippen molar-refractivity contribution >= 4 is 40.5 Å². The molecule has 0 bridgehead atoms. The van der Waals surface area contributed by atoms with Gasteiger partial charge in [-0.2, -0.15) is 5.10 Å². The largest absolute Gasteiger partial charge is 0.376 e. The van der Waals surface area contributed by atoms with Gasteiger partial charge in [-0.1, -0.05) is 66.7 Å². The standard InChI is InChI=1S/C36H26BN5/c1-2-9-26(10-3-1)39-21-22-40(25-39)27-15-17-29-31-11-4-6-13-35(31)42-36-14-7-5-12-32(36)30-18-16-28(41-20-8-19-38-41)24-34(30)37(42)33(29)23-27/h1-24H,25H2. The van der Waals surface area contributed by atoms with E-state index < -0.39 is 0 Å². The monoisotopic (exact) mass is 539 g/mol. The van der Waals surface area contributed by atoms with E-state index in [0.29, 0.717) is 0 Å². The summed E-state index contributed by atoms with van der Waals surface area (Å²) in [6.07, 6.45) is 8.20. The van der Waals surface area contributed by atoms with Crippen LogP contribution in [0.1, 0.15) is 0 Å². The summed E-state index contributed by atoms with van der Waals surface area (Å²) in [4.78, 5) is 7.15. The number of fused-ring (bicyclic) bond motifs is 11. The Balaban J connectivity index is 1.24. The topological polar surface area (TPSA) is 27.5 Å². The third-order valence-electron chi connectivity index (χ3n) is 8.74. The smallest absolute Gasteiger partial charge is 0.329 e. The van der Waals surface area contributed by atoms with E-state index in [9.17, 15) is 0 Å². The fourth-order valence-corrected chi connectivity index (χ4v) is 6.84. The second-order valence-corrected chi connectivity index (χ2v) is 11.0. The van der Waals surface area contributed by atoms with Crippen molar-refractivity contribution in [3.8, 4) is 27.9 Å². The van der Waals surface area contributed by atoms with Gasteiger partial charge in [-0.25, -0.2) is 4.68 Å². The first kappa shape index (κ1) is 23.2. The van der Waals surface area contributed by atoms with E-state index in [2.05, 4.69) is 147 Å². The highest BCUT2D eigenvalue weighted by molar-refractivity contribution is 6.92. The predicted molar refractivity (Wildman–Crippen MR) is 173 cm³/mol. The van der Waals surface area contributed by atoms with Crippen LogP contribution in [-0.4, -0.2) is 23.3 Å². The molecule has 6 aromatic rings. The molecule has 0 aliphatic carbocycles. The van der Waals surface area contributed by atoms with E-state index >= 15 is 0 Å². The van der Waals surface area contributed by atoms with Gasteiger partial charge in [0, 0.05) is 58.7 Å². The molecular formula is C36H26BN5. The number of para-hydroxylation sites is 3. The Morgan fingerprint density at radius 2 is 1.12 bits per heavy atom. The molecule has 0 atom stereocenters. The van der Waals surface area contributed by atoms with Crippen molar-refractivity contribution in [3.63, 3.8) is 0 Å². The molecule has 9 rings (SSSR count). The quantitative estimate of drug-likeness (QED) is 0.239. The molecule has 0 unspecified atom stereocenters. The van der Waals surface area contributed by atoms with Crippen LogP contribution in [0.3, 0.4) is 0 Å². The molecule has 0 saturated heterocycles. The molecule has 5 nitrogen and oxygen atoms in total. The second-order valence-electron chi connectivity index (χ2n) is 11.0. The number of hydrogen-bond donors (Lipinski definition) is 0. The zero-order valence-corrected chi connectivity index (χ0v) is 22.9. The van der Waals surface area contributed by atoms with Crippen molar-refractivity contribution in [2.24, 2.45) is 0 Å². The zero-order chi connectivity index (χ0) is 27.6.